The minimum absolute atomic E-state index is 0.0538. The first kappa shape index (κ1) is 20.2. The number of likely N-dealkylation sites (N-methyl/N-ethyl adjacent to an activating group) is 1. The van der Waals surface area contributed by atoms with Crippen LogP contribution >= 0.6 is 0 Å². The van der Waals surface area contributed by atoms with Crippen LogP contribution in [-0.4, -0.2) is 38.6 Å². The van der Waals surface area contributed by atoms with Gasteiger partial charge in [-0.25, -0.2) is 0 Å². The Balaban J connectivity index is 2.00. The third-order valence-electron chi connectivity index (χ3n) is 4.12. The van der Waals surface area contributed by atoms with E-state index in [1.165, 1.54) is 12.1 Å². The minimum atomic E-state index is -0.483. The second kappa shape index (κ2) is 9.00. The van der Waals surface area contributed by atoms with Crippen molar-refractivity contribution in [2.24, 2.45) is 0 Å². The van der Waals surface area contributed by atoms with Gasteiger partial charge >= 0.3 is 0 Å². The van der Waals surface area contributed by atoms with Crippen LogP contribution in [0.1, 0.15) is 11.1 Å². The Morgan fingerprint density at radius 1 is 1.15 bits per heavy atom. The molecule has 2 aromatic carbocycles. The molecule has 0 saturated heterocycles. The van der Waals surface area contributed by atoms with E-state index in [0.717, 1.165) is 16.0 Å². The van der Waals surface area contributed by atoms with Crippen LogP contribution in [0.25, 0.3) is 0 Å². The fraction of sp³-hybridized carbons (Fsp3) is 0.316. The van der Waals surface area contributed by atoms with Gasteiger partial charge in [-0.2, -0.15) is 0 Å². The molecule has 0 bridgehead atoms. The molecule has 2 rings (SSSR count). The predicted molar refractivity (Wildman–Crippen MR) is 101 cm³/mol. The van der Waals surface area contributed by atoms with Crippen LogP contribution in [0.5, 0.6) is 11.5 Å². The molecule has 2 aromatic rings. The van der Waals surface area contributed by atoms with Crippen molar-refractivity contribution in [3.05, 3.63) is 57.6 Å². The summed E-state index contributed by atoms with van der Waals surface area (Å²) < 4.78 is 10.5. The number of carbonyl (C=O) groups is 1. The maximum absolute atomic E-state index is 12.3. The fourth-order valence-corrected chi connectivity index (χ4v) is 2.73. The lowest BCUT2D eigenvalue weighted by Gasteiger charge is -2.16. The first-order chi connectivity index (χ1) is 12.8. The van der Waals surface area contributed by atoms with Crippen molar-refractivity contribution in [1.82, 2.24) is 0 Å². The van der Waals surface area contributed by atoms with Crippen molar-refractivity contribution in [3.8, 4) is 11.5 Å². The Bertz CT molecular complexity index is 838. The van der Waals surface area contributed by atoms with Crippen LogP contribution in [-0.2, 0) is 11.3 Å². The van der Waals surface area contributed by atoms with Gasteiger partial charge in [0.2, 0.25) is 0 Å². The zero-order valence-corrected chi connectivity index (χ0v) is 15.9. The summed E-state index contributed by atoms with van der Waals surface area (Å²) in [6.07, 6.45) is 0. The number of anilines is 1. The van der Waals surface area contributed by atoms with Gasteiger partial charge < -0.3 is 19.7 Å². The summed E-state index contributed by atoms with van der Waals surface area (Å²) in [5.41, 5.74) is 2.17. The van der Waals surface area contributed by atoms with E-state index in [-0.39, 0.29) is 18.1 Å². The van der Waals surface area contributed by atoms with Crippen molar-refractivity contribution in [1.29, 1.82) is 0 Å². The molecule has 144 valence electrons. The summed E-state index contributed by atoms with van der Waals surface area (Å²) in [7, 11) is 5.05. The van der Waals surface area contributed by atoms with E-state index in [4.69, 9.17) is 9.47 Å². The maximum atomic E-state index is 12.3. The highest BCUT2D eigenvalue weighted by Crippen LogP contribution is 2.27. The number of quaternary nitrogens is 1. The highest BCUT2D eigenvalue weighted by Gasteiger charge is 2.15. The number of benzene rings is 2. The first-order valence-corrected chi connectivity index (χ1v) is 8.41. The van der Waals surface area contributed by atoms with Crippen LogP contribution in [0.3, 0.4) is 0 Å². The second-order valence-corrected chi connectivity index (χ2v) is 6.30. The number of nitro groups is 1. The van der Waals surface area contributed by atoms with Crippen molar-refractivity contribution in [3.63, 3.8) is 0 Å². The highest BCUT2D eigenvalue weighted by atomic mass is 16.6. The van der Waals surface area contributed by atoms with Crippen molar-refractivity contribution >= 4 is 17.3 Å². The lowest BCUT2D eigenvalue weighted by Crippen LogP contribution is -3.08. The van der Waals surface area contributed by atoms with Crippen molar-refractivity contribution < 1.29 is 24.1 Å². The van der Waals surface area contributed by atoms with Crippen LogP contribution in [0, 0.1) is 17.0 Å². The molecular weight excluding hydrogens is 350 g/mol. The first-order valence-electron chi connectivity index (χ1n) is 8.41. The molecule has 0 saturated carbocycles. The van der Waals surface area contributed by atoms with Gasteiger partial charge in [-0.3, -0.25) is 14.9 Å². The van der Waals surface area contributed by atoms with E-state index in [0.29, 0.717) is 23.7 Å². The van der Waals surface area contributed by atoms with Gasteiger partial charge in [-0.15, -0.1) is 0 Å². The molecule has 8 nitrogen and oxygen atoms in total. The summed E-state index contributed by atoms with van der Waals surface area (Å²) in [5.74, 6) is 1.08. The Hall–Kier alpha value is -3.13. The monoisotopic (exact) mass is 374 g/mol. The highest BCUT2D eigenvalue weighted by molar-refractivity contribution is 5.92. The molecule has 0 aromatic heterocycles. The standard InChI is InChI=1S/C19H23N3O5/c1-13-5-7-15(22(24)25)10-16(13)20-19(23)12-21(2)11-14-6-8-17(26-3)18(9-14)27-4/h5-10H,11-12H2,1-4H3,(H,20,23)/p+1. The number of hydrogen-bond donors (Lipinski definition) is 2. The molecule has 0 aliphatic rings. The number of nitro benzene ring substituents is 1. The van der Waals surface area contributed by atoms with E-state index >= 15 is 0 Å². The van der Waals surface area contributed by atoms with Crippen molar-refractivity contribution in [2.75, 3.05) is 33.1 Å². The number of rotatable bonds is 8. The quantitative estimate of drug-likeness (QED) is 0.540. The lowest BCUT2D eigenvalue weighted by atomic mass is 10.1. The average Bonchev–Trinajstić information content (AvgIpc) is 2.62. The Morgan fingerprint density at radius 2 is 1.85 bits per heavy atom. The smallest absolute Gasteiger partial charge is 0.279 e. The van der Waals surface area contributed by atoms with Crippen LogP contribution in [0.2, 0.25) is 0 Å². The van der Waals surface area contributed by atoms with Crippen molar-refractivity contribution in [2.45, 2.75) is 13.5 Å². The zero-order chi connectivity index (χ0) is 20.0. The van der Waals surface area contributed by atoms with Gasteiger partial charge in [-0.05, 0) is 30.7 Å². The zero-order valence-electron chi connectivity index (χ0n) is 15.9. The summed E-state index contributed by atoms with van der Waals surface area (Å²) in [6, 6.07) is 10.0. The molecule has 0 aliphatic heterocycles. The van der Waals surface area contributed by atoms with E-state index in [9.17, 15) is 14.9 Å². The van der Waals surface area contributed by atoms with E-state index in [1.54, 1.807) is 27.2 Å². The molecule has 0 aliphatic carbocycles. The summed E-state index contributed by atoms with van der Waals surface area (Å²) >= 11 is 0. The number of carbonyl (C=O) groups excluding carboxylic acids is 1. The van der Waals surface area contributed by atoms with E-state index in [1.807, 2.05) is 25.2 Å². The lowest BCUT2D eigenvalue weighted by molar-refractivity contribution is -0.885. The van der Waals surface area contributed by atoms with Crippen LogP contribution < -0.4 is 19.7 Å². The average molecular weight is 374 g/mol. The fourth-order valence-electron chi connectivity index (χ4n) is 2.73. The SMILES string of the molecule is COc1ccc(C[NH+](C)CC(=O)Nc2cc([N+](=O)[O-])ccc2C)cc1OC. The molecule has 1 amide bonds. The molecular formula is C19H24N3O5+. The number of aryl methyl sites for hydroxylation is 1. The Morgan fingerprint density at radius 3 is 2.48 bits per heavy atom. The normalized spacial score (nSPS) is 11.6. The number of amides is 1. The molecule has 8 heteroatoms. The topological polar surface area (TPSA) is 95.1 Å². The van der Waals surface area contributed by atoms with Gasteiger partial charge in [0, 0.05) is 17.7 Å². The second-order valence-electron chi connectivity index (χ2n) is 6.30. The molecule has 27 heavy (non-hydrogen) atoms. The van der Waals surface area contributed by atoms with E-state index < -0.39 is 4.92 Å². The molecule has 0 fully saturated rings. The Labute approximate surface area is 157 Å². The number of nitrogens with zero attached hydrogens (tertiary/aromatic N) is 1. The van der Waals surface area contributed by atoms with Gasteiger partial charge in [0.1, 0.15) is 6.54 Å². The Kier molecular flexibility index (Phi) is 6.73. The number of ether oxygens (including phenoxy) is 2. The summed E-state index contributed by atoms with van der Waals surface area (Å²) in [5, 5.41) is 13.7. The predicted octanol–water partition coefficient (Wildman–Crippen LogP) is 1.57. The molecule has 0 radical (unpaired) electrons. The molecule has 2 N–H and O–H groups in total. The van der Waals surface area contributed by atoms with Gasteiger partial charge in [0.05, 0.1) is 31.9 Å². The van der Waals surface area contributed by atoms with E-state index in [2.05, 4.69) is 5.32 Å². The largest absolute Gasteiger partial charge is 0.493 e. The summed E-state index contributed by atoms with van der Waals surface area (Å²) in [4.78, 5) is 23.7. The molecule has 0 heterocycles. The van der Waals surface area contributed by atoms with Crippen LogP contribution in [0.15, 0.2) is 36.4 Å². The number of hydrogen-bond acceptors (Lipinski definition) is 5. The minimum Gasteiger partial charge on any atom is -0.493 e. The molecule has 1 unspecified atom stereocenters. The maximum Gasteiger partial charge on any atom is 0.279 e. The summed E-state index contributed by atoms with van der Waals surface area (Å²) in [6.45, 7) is 2.62. The third-order valence-corrected chi connectivity index (χ3v) is 4.12. The van der Waals surface area contributed by atoms with Gasteiger partial charge in [0.25, 0.3) is 11.6 Å². The molecule has 0 spiro atoms. The number of non-ortho nitro benzene ring substituents is 1. The van der Waals surface area contributed by atoms with Crippen LogP contribution in [0.4, 0.5) is 11.4 Å². The molecule has 1 atom stereocenters. The number of nitrogens with one attached hydrogen (secondary N) is 2. The third kappa shape index (κ3) is 5.42. The number of methoxy groups -OCH3 is 2. The van der Waals surface area contributed by atoms with Gasteiger partial charge in [-0.1, -0.05) is 6.07 Å². The van der Waals surface area contributed by atoms with Gasteiger partial charge in [0.15, 0.2) is 18.0 Å².